The number of thioether (sulfide) groups is 1. The highest BCUT2D eigenvalue weighted by atomic mass is 32.2. The molecule has 4 rings (SSSR count). The molecule has 5 nitrogen and oxygen atoms in total. The van der Waals surface area contributed by atoms with Crippen LogP contribution in [0, 0.1) is 5.82 Å². The summed E-state index contributed by atoms with van der Waals surface area (Å²) in [5, 5.41) is 19.3. The van der Waals surface area contributed by atoms with Crippen LogP contribution in [0.1, 0.15) is 34.8 Å². The van der Waals surface area contributed by atoms with E-state index in [1.54, 1.807) is 6.07 Å². The summed E-state index contributed by atoms with van der Waals surface area (Å²) >= 11 is 2.02. The Morgan fingerprint density at radius 2 is 1.69 bits per heavy atom. The topological polar surface area (TPSA) is 86.6 Å². The van der Waals surface area contributed by atoms with E-state index in [0.29, 0.717) is 12.2 Å². The molecule has 1 saturated heterocycles. The first kappa shape index (κ1) is 21.1. The van der Waals surface area contributed by atoms with E-state index in [2.05, 4.69) is 35.6 Å². The number of aliphatic carboxylic acids is 2. The summed E-state index contributed by atoms with van der Waals surface area (Å²) in [5.41, 5.74) is 3.92. The van der Waals surface area contributed by atoms with Crippen molar-refractivity contribution in [1.82, 2.24) is 5.32 Å². The highest BCUT2D eigenvalue weighted by Crippen LogP contribution is 2.60. The Bertz CT molecular complexity index is 909. The third kappa shape index (κ3) is 5.05. The minimum atomic E-state index is -1.26. The van der Waals surface area contributed by atoms with Crippen molar-refractivity contribution in [2.75, 3.05) is 13.1 Å². The van der Waals surface area contributed by atoms with Gasteiger partial charge in [0.1, 0.15) is 5.82 Å². The maximum absolute atomic E-state index is 13.6. The molecule has 1 atom stereocenters. The number of fused-ring (bicyclic) bond motifs is 2. The third-order valence-corrected chi connectivity index (χ3v) is 6.85. The van der Waals surface area contributed by atoms with Crippen molar-refractivity contribution in [3.05, 3.63) is 83.2 Å². The Hall–Kier alpha value is -2.64. The van der Waals surface area contributed by atoms with E-state index in [-0.39, 0.29) is 15.8 Å². The van der Waals surface area contributed by atoms with Crippen LogP contribution in [0.5, 0.6) is 0 Å². The zero-order valence-electron chi connectivity index (χ0n) is 15.7. The first-order valence-electron chi connectivity index (χ1n) is 9.29. The average Bonchev–Trinajstić information content (AvgIpc) is 3.02. The van der Waals surface area contributed by atoms with E-state index < -0.39 is 11.9 Å². The first-order chi connectivity index (χ1) is 13.9. The Labute approximate surface area is 172 Å². The van der Waals surface area contributed by atoms with Gasteiger partial charge in [-0.15, -0.1) is 11.8 Å². The second-order valence-corrected chi connectivity index (χ2v) is 8.38. The van der Waals surface area contributed by atoms with Gasteiger partial charge in [-0.05, 0) is 54.8 Å². The molecule has 0 bridgehead atoms. The summed E-state index contributed by atoms with van der Waals surface area (Å²) in [4.78, 5) is 19.1. The number of rotatable bonds is 3. The van der Waals surface area contributed by atoms with E-state index >= 15 is 0 Å². The SMILES string of the molecule is Fc1cccc(C2SC3(CCNCC3)c3ccccc32)c1.O=C(O)C=CC(=O)O. The number of carboxylic acid groups (broad SMARTS) is 2. The standard InChI is InChI=1S/C18H18FNS.C4H4O4/c19-14-5-3-4-13(12-14)17-15-6-1-2-7-16(15)18(21-17)8-10-20-11-9-18;5-3(6)1-2-4(7)8/h1-7,12,17,20H,8-11H2;1-2H,(H,5,6)(H,7,8). The molecule has 7 heteroatoms. The lowest BCUT2D eigenvalue weighted by Crippen LogP contribution is -2.36. The van der Waals surface area contributed by atoms with Crippen LogP contribution in [-0.4, -0.2) is 35.2 Å². The highest BCUT2D eigenvalue weighted by molar-refractivity contribution is 8.01. The number of hydrogen-bond acceptors (Lipinski definition) is 4. The third-order valence-electron chi connectivity index (χ3n) is 5.01. The monoisotopic (exact) mass is 415 g/mol. The van der Waals surface area contributed by atoms with Crippen LogP contribution >= 0.6 is 11.8 Å². The molecule has 2 aliphatic heterocycles. The normalized spacial score (nSPS) is 19.4. The van der Waals surface area contributed by atoms with Gasteiger partial charge in [0.15, 0.2) is 0 Å². The molecular weight excluding hydrogens is 393 g/mol. The van der Waals surface area contributed by atoms with E-state index in [9.17, 15) is 14.0 Å². The lowest BCUT2D eigenvalue weighted by Gasteiger charge is -2.34. The molecule has 0 aliphatic carbocycles. The van der Waals surface area contributed by atoms with Gasteiger partial charge >= 0.3 is 11.9 Å². The lowest BCUT2D eigenvalue weighted by molar-refractivity contribution is -0.134. The first-order valence-corrected chi connectivity index (χ1v) is 10.2. The van der Waals surface area contributed by atoms with Crippen LogP contribution in [-0.2, 0) is 14.3 Å². The average molecular weight is 415 g/mol. The van der Waals surface area contributed by atoms with Crippen LogP contribution in [0.4, 0.5) is 4.39 Å². The highest BCUT2D eigenvalue weighted by Gasteiger charge is 2.45. The molecule has 152 valence electrons. The second kappa shape index (κ2) is 9.24. The molecule has 1 unspecified atom stereocenters. The molecule has 0 radical (unpaired) electrons. The fraction of sp³-hybridized carbons (Fsp3) is 0.273. The summed E-state index contributed by atoms with van der Waals surface area (Å²) in [6, 6.07) is 15.8. The second-order valence-electron chi connectivity index (χ2n) is 6.89. The van der Waals surface area contributed by atoms with Crippen molar-refractivity contribution in [3.8, 4) is 0 Å². The predicted octanol–water partition coefficient (Wildman–Crippen LogP) is 3.95. The van der Waals surface area contributed by atoms with Crippen molar-refractivity contribution in [2.24, 2.45) is 0 Å². The van der Waals surface area contributed by atoms with Crippen molar-refractivity contribution in [1.29, 1.82) is 0 Å². The van der Waals surface area contributed by atoms with Gasteiger partial charge in [-0.3, -0.25) is 0 Å². The summed E-state index contributed by atoms with van der Waals surface area (Å²) < 4.78 is 13.8. The van der Waals surface area contributed by atoms with Crippen LogP contribution in [0.3, 0.4) is 0 Å². The zero-order valence-corrected chi connectivity index (χ0v) is 16.5. The maximum atomic E-state index is 13.6. The van der Waals surface area contributed by atoms with Crippen LogP contribution < -0.4 is 5.32 Å². The Morgan fingerprint density at radius 3 is 2.31 bits per heavy atom. The summed E-state index contributed by atoms with van der Waals surface area (Å²) in [5.74, 6) is -2.66. The van der Waals surface area contributed by atoms with Gasteiger partial charge in [0, 0.05) is 16.9 Å². The van der Waals surface area contributed by atoms with Crippen molar-refractivity contribution in [3.63, 3.8) is 0 Å². The van der Waals surface area contributed by atoms with E-state index in [1.807, 2.05) is 17.8 Å². The molecule has 2 heterocycles. The van der Waals surface area contributed by atoms with Gasteiger partial charge in [0.2, 0.25) is 0 Å². The summed E-state index contributed by atoms with van der Waals surface area (Å²) in [6.45, 7) is 2.13. The van der Waals surface area contributed by atoms with Gasteiger partial charge in [-0.1, -0.05) is 36.4 Å². The zero-order chi connectivity index (χ0) is 20.9. The van der Waals surface area contributed by atoms with Crippen molar-refractivity contribution < 1.29 is 24.2 Å². The summed E-state index contributed by atoms with van der Waals surface area (Å²) in [6.07, 6.45) is 3.42. The molecule has 1 fully saturated rings. The Balaban J connectivity index is 0.000000258. The molecular formula is C22H22FNO4S. The largest absolute Gasteiger partial charge is 0.478 e. The van der Waals surface area contributed by atoms with E-state index in [4.69, 9.17) is 10.2 Å². The maximum Gasteiger partial charge on any atom is 0.328 e. The Kier molecular flexibility index (Phi) is 6.71. The predicted molar refractivity (Wildman–Crippen MR) is 110 cm³/mol. The summed E-state index contributed by atoms with van der Waals surface area (Å²) in [7, 11) is 0. The number of piperidine rings is 1. The number of carbonyl (C=O) groups is 2. The molecule has 2 aromatic rings. The molecule has 2 aromatic carbocycles. The van der Waals surface area contributed by atoms with E-state index in [0.717, 1.165) is 31.5 Å². The lowest BCUT2D eigenvalue weighted by atomic mass is 9.85. The molecule has 3 N–H and O–H groups in total. The molecule has 2 aliphatic rings. The van der Waals surface area contributed by atoms with Crippen molar-refractivity contribution >= 4 is 23.7 Å². The smallest absolute Gasteiger partial charge is 0.328 e. The van der Waals surface area contributed by atoms with Crippen LogP contribution in [0.25, 0.3) is 0 Å². The number of hydrogen-bond donors (Lipinski definition) is 3. The van der Waals surface area contributed by atoms with Gasteiger partial charge in [0.25, 0.3) is 0 Å². The Morgan fingerprint density at radius 1 is 1.03 bits per heavy atom. The fourth-order valence-electron chi connectivity index (χ4n) is 3.77. The van der Waals surface area contributed by atoms with Crippen LogP contribution in [0.15, 0.2) is 60.7 Å². The molecule has 29 heavy (non-hydrogen) atoms. The van der Waals surface area contributed by atoms with Gasteiger partial charge < -0.3 is 15.5 Å². The number of halogens is 1. The number of nitrogens with one attached hydrogen (secondary N) is 1. The quantitative estimate of drug-likeness (QED) is 0.658. The molecule has 0 amide bonds. The van der Waals surface area contributed by atoms with Gasteiger partial charge in [-0.2, -0.15) is 0 Å². The minimum absolute atomic E-state index is 0.142. The van der Waals surface area contributed by atoms with Gasteiger partial charge in [-0.25, -0.2) is 14.0 Å². The van der Waals surface area contributed by atoms with Crippen molar-refractivity contribution in [2.45, 2.75) is 22.8 Å². The number of benzene rings is 2. The van der Waals surface area contributed by atoms with Gasteiger partial charge in [0.05, 0.1) is 5.25 Å². The molecule has 1 spiro atoms. The molecule has 0 aromatic heterocycles. The number of carboxylic acids is 2. The fourth-order valence-corrected chi connectivity index (χ4v) is 5.59. The van der Waals surface area contributed by atoms with Crippen LogP contribution in [0.2, 0.25) is 0 Å². The minimum Gasteiger partial charge on any atom is -0.478 e. The van der Waals surface area contributed by atoms with E-state index in [1.165, 1.54) is 17.2 Å². The molecule has 0 saturated carbocycles.